The summed E-state index contributed by atoms with van der Waals surface area (Å²) in [6.07, 6.45) is 0. The van der Waals surface area contributed by atoms with Crippen LogP contribution in [0.3, 0.4) is 0 Å². The second-order valence-electron chi connectivity index (χ2n) is 11.4. The number of rotatable bonds is 8. The molecule has 0 bridgehead atoms. The first-order chi connectivity index (χ1) is 23.7. The highest BCUT2D eigenvalue weighted by Gasteiger charge is 2.21. The van der Waals surface area contributed by atoms with Gasteiger partial charge in [0.05, 0.1) is 21.8 Å². The highest BCUT2D eigenvalue weighted by Crippen LogP contribution is 2.37. The van der Waals surface area contributed by atoms with Gasteiger partial charge in [0.2, 0.25) is 0 Å². The fourth-order valence-electron chi connectivity index (χ4n) is 6.24. The molecule has 6 aromatic carbocycles. The maximum atomic E-state index is 13.4. The summed E-state index contributed by atoms with van der Waals surface area (Å²) in [6.45, 7) is 0. The summed E-state index contributed by atoms with van der Waals surface area (Å²) >= 11 is 0. The summed E-state index contributed by atoms with van der Waals surface area (Å²) in [5, 5.41) is 0.509. The van der Waals surface area contributed by atoms with Crippen molar-refractivity contribution in [2.45, 2.75) is 0 Å². The number of anilines is 6. The Kier molecular flexibility index (Phi) is 7.36. The molecule has 0 amide bonds. The van der Waals surface area contributed by atoms with E-state index in [1.807, 2.05) is 121 Å². The fourth-order valence-corrected chi connectivity index (χ4v) is 6.24. The molecule has 6 nitrogen and oxygen atoms in total. The monoisotopic (exact) mass is 620 g/mol. The van der Waals surface area contributed by atoms with E-state index in [0.29, 0.717) is 22.5 Å². The van der Waals surface area contributed by atoms with Crippen molar-refractivity contribution in [3.8, 4) is 22.5 Å². The topological polar surface area (TPSA) is 66.4 Å². The maximum absolute atomic E-state index is 13.4. The molecule has 0 spiro atoms. The largest absolute Gasteiger partial charge is 0.311 e. The van der Waals surface area contributed by atoms with Crippen LogP contribution < -0.4 is 20.9 Å². The van der Waals surface area contributed by atoms with Gasteiger partial charge in [-0.3, -0.25) is 9.59 Å². The number of hydrogen-bond acceptors (Lipinski definition) is 6. The molecule has 6 aromatic rings. The van der Waals surface area contributed by atoms with E-state index in [-0.39, 0.29) is 10.4 Å². The van der Waals surface area contributed by atoms with Crippen molar-refractivity contribution in [3.63, 3.8) is 0 Å². The molecule has 2 heterocycles. The molecule has 0 radical (unpaired) electrons. The van der Waals surface area contributed by atoms with Crippen LogP contribution in [0.1, 0.15) is 0 Å². The Hall–Kier alpha value is -6.66. The summed E-state index contributed by atoms with van der Waals surface area (Å²) in [6, 6.07) is 56.0. The molecule has 0 unspecified atom stereocenters. The van der Waals surface area contributed by atoms with E-state index in [9.17, 15) is 9.59 Å². The molecule has 0 atom stereocenters. The van der Waals surface area contributed by atoms with E-state index < -0.39 is 11.1 Å². The van der Waals surface area contributed by atoms with E-state index in [4.69, 9.17) is 0 Å². The Labute approximate surface area is 276 Å². The summed E-state index contributed by atoms with van der Waals surface area (Å²) in [4.78, 5) is 39.8. The van der Waals surface area contributed by atoms with E-state index >= 15 is 0 Å². The lowest BCUT2D eigenvalue weighted by atomic mass is 10.1. The molecule has 8 rings (SSSR count). The van der Waals surface area contributed by atoms with Crippen molar-refractivity contribution in [2.75, 3.05) is 9.80 Å². The van der Waals surface area contributed by atoms with Gasteiger partial charge in [0.15, 0.2) is 0 Å². The number of aromatic nitrogens is 2. The number of benzene rings is 6. The van der Waals surface area contributed by atoms with E-state index in [2.05, 4.69) is 68.3 Å². The Bertz CT molecular complexity index is 2210. The number of para-hydroxylation sites is 4. The molecule has 0 saturated heterocycles. The third-order valence-corrected chi connectivity index (χ3v) is 8.43. The van der Waals surface area contributed by atoms with Crippen molar-refractivity contribution in [1.29, 1.82) is 0 Å². The van der Waals surface area contributed by atoms with Gasteiger partial charge in [0.25, 0.3) is 11.1 Å². The maximum Gasteiger partial charge on any atom is 0.280 e. The minimum Gasteiger partial charge on any atom is -0.311 e. The Balaban J connectivity index is 1.16. The van der Waals surface area contributed by atoms with Crippen molar-refractivity contribution < 1.29 is 0 Å². The highest BCUT2D eigenvalue weighted by atomic mass is 16.1. The van der Waals surface area contributed by atoms with E-state index in [1.165, 1.54) is 0 Å². The lowest BCUT2D eigenvalue weighted by molar-refractivity contribution is 1.23. The predicted octanol–water partition coefficient (Wildman–Crippen LogP) is 9.07. The molecule has 0 N–H and O–H groups in total. The van der Waals surface area contributed by atoms with Crippen LogP contribution in [0, 0.1) is 10.4 Å². The van der Waals surface area contributed by atoms with Crippen molar-refractivity contribution in [1.82, 2.24) is 9.97 Å². The summed E-state index contributed by atoms with van der Waals surface area (Å²) in [5.74, 6) is 0. The highest BCUT2D eigenvalue weighted by molar-refractivity contribution is 5.80. The van der Waals surface area contributed by atoms with E-state index in [0.717, 1.165) is 34.1 Å². The van der Waals surface area contributed by atoms with Crippen LogP contribution in [0.25, 0.3) is 22.5 Å². The van der Waals surface area contributed by atoms with Gasteiger partial charge < -0.3 is 9.80 Å². The first kappa shape index (κ1) is 28.8. The molecular formula is C42H28N4O2. The zero-order valence-electron chi connectivity index (χ0n) is 25.8. The minimum absolute atomic E-state index is 0.255. The van der Waals surface area contributed by atoms with Crippen molar-refractivity contribution >= 4 is 34.1 Å². The SMILES string of the molecule is O=c1nc(-c2ccc(N(c3ccccc3)c3ccccc3)cc2)c2c(=O)nc(-c3ccc(N(c4ccccc4)c4ccccc4)cc3)c1=2. The van der Waals surface area contributed by atoms with E-state index in [1.54, 1.807) is 0 Å². The second kappa shape index (κ2) is 12.3. The third kappa shape index (κ3) is 5.21. The molecule has 228 valence electrons. The fraction of sp³-hybridized carbons (Fsp3) is 0. The Morgan fingerprint density at radius 2 is 0.562 bits per heavy atom. The normalized spacial score (nSPS) is 11.1. The van der Waals surface area contributed by atoms with Crippen LogP contribution in [0.2, 0.25) is 0 Å². The van der Waals surface area contributed by atoms with Gasteiger partial charge in [-0.2, -0.15) is 0 Å². The average Bonchev–Trinajstić information content (AvgIpc) is 3.68. The van der Waals surface area contributed by atoms with Gasteiger partial charge in [-0.15, -0.1) is 0 Å². The lowest BCUT2D eigenvalue weighted by Crippen LogP contribution is -2.09. The molecule has 0 fully saturated rings. The third-order valence-electron chi connectivity index (χ3n) is 8.43. The van der Waals surface area contributed by atoms with Gasteiger partial charge in [-0.1, -0.05) is 97.1 Å². The van der Waals surface area contributed by atoms with Gasteiger partial charge in [-0.25, -0.2) is 9.97 Å². The first-order valence-electron chi connectivity index (χ1n) is 15.7. The molecule has 48 heavy (non-hydrogen) atoms. The molecule has 2 aliphatic rings. The summed E-state index contributed by atoms with van der Waals surface area (Å²) in [5.41, 5.74) is 7.09. The number of hydrogen-bond donors (Lipinski definition) is 0. The smallest absolute Gasteiger partial charge is 0.280 e. The zero-order chi connectivity index (χ0) is 32.5. The Morgan fingerprint density at radius 1 is 0.312 bits per heavy atom. The molecule has 2 aliphatic heterocycles. The predicted molar refractivity (Wildman–Crippen MR) is 192 cm³/mol. The van der Waals surface area contributed by atoms with Crippen molar-refractivity contribution in [3.05, 3.63) is 201 Å². The Morgan fingerprint density at radius 3 is 0.833 bits per heavy atom. The number of nitrogens with zero attached hydrogens (tertiary/aromatic N) is 4. The van der Waals surface area contributed by atoms with Crippen LogP contribution in [0.5, 0.6) is 0 Å². The van der Waals surface area contributed by atoms with Gasteiger partial charge in [0.1, 0.15) is 0 Å². The standard InChI is InChI=1S/C42H28N4O2/c47-41-37-38(40(44-41)30-23-27-36(28-24-30)46(33-17-9-3-10-18-33)34-19-11-4-12-20-34)42(48)43-39(37)29-21-25-35(26-22-29)45(31-13-5-1-6-14-31)32-15-7-2-8-16-32/h1-28H. The first-order valence-corrected chi connectivity index (χ1v) is 15.7. The van der Waals surface area contributed by atoms with Crippen LogP contribution >= 0.6 is 0 Å². The zero-order valence-corrected chi connectivity index (χ0v) is 25.8. The molecular weight excluding hydrogens is 592 g/mol. The van der Waals surface area contributed by atoms with Gasteiger partial charge in [0, 0.05) is 45.3 Å². The lowest BCUT2D eigenvalue weighted by Gasteiger charge is -2.25. The quantitative estimate of drug-likeness (QED) is 0.169. The molecule has 6 heteroatoms. The van der Waals surface area contributed by atoms with Gasteiger partial charge >= 0.3 is 0 Å². The van der Waals surface area contributed by atoms with Crippen LogP contribution in [0.15, 0.2) is 179 Å². The van der Waals surface area contributed by atoms with Crippen molar-refractivity contribution in [2.24, 2.45) is 0 Å². The van der Waals surface area contributed by atoms with Crippen LogP contribution in [-0.4, -0.2) is 9.97 Å². The molecule has 0 aromatic heterocycles. The van der Waals surface area contributed by atoms with Crippen LogP contribution in [0.4, 0.5) is 34.1 Å². The minimum atomic E-state index is -0.455. The summed E-state index contributed by atoms with van der Waals surface area (Å²) in [7, 11) is 0. The molecule has 0 saturated carbocycles. The second-order valence-corrected chi connectivity index (χ2v) is 11.4. The van der Waals surface area contributed by atoms with Gasteiger partial charge in [-0.05, 0) is 72.8 Å². The molecule has 0 aliphatic carbocycles. The summed E-state index contributed by atoms with van der Waals surface area (Å²) < 4.78 is 0. The van der Waals surface area contributed by atoms with Crippen LogP contribution in [-0.2, 0) is 0 Å². The average molecular weight is 621 g/mol.